The van der Waals surface area contributed by atoms with E-state index in [0.29, 0.717) is 30.8 Å². The molecular weight excluding hydrogens is 531 g/mol. The highest BCUT2D eigenvalue weighted by atomic mass is 19.4. The van der Waals surface area contributed by atoms with Crippen molar-refractivity contribution in [2.75, 3.05) is 16.9 Å². The highest BCUT2D eigenvalue weighted by molar-refractivity contribution is 6.11. The number of Topliss-reactive ketones (excluding diaryl/α,β-unsaturated/α-hetero) is 1. The summed E-state index contributed by atoms with van der Waals surface area (Å²) in [6, 6.07) is 3.77. The molecule has 1 aromatic carbocycles. The molecular formula is C27H36F3N5O5. The van der Waals surface area contributed by atoms with Crippen LogP contribution in [0.4, 0.5) is 24.5 Å². The van der Waals surface area contributed by atoms with Crippen LogP contribution in [-0.2, 0) is 14.3 Å². The summed E-state index contributed by atoms with van der Waals surface area (Å²) in [5, 5.41) is 17.1. The Hall–Kier alpha value is -3.19. The van der Waals surface area contributed by atoms with Crippen LogP contribution in [0, 0.1) is 11.3 Å². The van der Waals surface area contributed by atoms with Crippen molar-refractivity contribution in [1.82, 2.24) is 5.48 Å². The Labute approximate surface area is 230 Å². The van der Waals surface area contributed by atoms with E-state index in [-0.39, 0.29) is 30.6 Å². The highest BCUT2D eigenvalue weighted by Gasteiger charge is 2.56. The fourth-order valence-corrected chi connectivity index (χ4v) is 5.99. The van der Waals surface area contributed by atoms with Gasteiger partial charge in [-0.15, -0.1) is 0 Å². The van der Waals surface area contributed by atoms with Crippen LogP contribution in [0.3, 0.4) is 0 Å². The van der Waals surface area contributed by atoms with Gasteiger partial charge < -0.3 is 15.8 Å². The minimum atomic E-state index is -4.74. The molecule has 10 nitrogen and oxygen atoms in total. The van der Waals surface area contributed by atoms with Gasteiger partial charge >= 0.3 is 6.18 Å². The number of ether oxygens (including phenoxy) is 1. The number of halogens is 3. The third kappa shape index (κ3) is 6.74. The van der Waals surface area contributed by atoms with E-state index in [9.17, 15) is 27.6 Å². The number of alkyl halides is 3. The molecule has 2 atom stereocenters. The van der Waals surface area contributed by atoms with Crippen LogP contribution in [0.25, 0.3) is 0 Å². The van der Waals surface area contributed by atoms with Crippen molar-refractivity contribution in [1.29, 1.82) is 0 Å². The number of nitrogens with zero attached hydrogens (tertiary/aromatic N) is 2. The van der Waals surface area contributed by atoms with Crippen LogP contribution < -0.4 is 21.5 Å². The normalized spacial score (nSPS) is 26.2. The monoisotopic (exact) mass is 567 g/mol. The average Bonchev–Trinajstić information content (AvgIpc) is 3.26. The maximum absolute atomic E-state index is 13.9. The Kier molecular flexibility index (Phi) is 8.74. The van der Waals surface area contributed by atoms with Gasteiger partial charge in [-0.3, -0.25) is 24.6 Å². The van der Waals surface area contributed by atoms with Crippen molar-refractivity contribution < 1.29 is 37.5 Å². The highest BCUT2D eigenvalue weighted by Crippen LogP contribution is 2.46. The van der Waals surface area contributed by atoms with Crippen LogP contribution in [-0.4, -0.2) is 59.5 Å². The number of benzene rings is 1. The lowest BCUT2D eigenvalue weighted by Crippen LogP contribution is -2.49. The third-order valence-corrected chi connectivity index (χ3v) is 7.85. The van der Waals surface area contributed by atoms with Gasteiger partial charge in [0.2, 0.25) is 5.91 Å². The molecule has 0 spiro atoms. The number of hydroxylamine groups is 1. The van der Waals surface area contributed by atoms with Gasteiger partial charge in [0.05, 0.1) is 29.3 Å². The van der Waals surface area contributed by atoms with Gasteiger partial charge in [-0.2, -0.15) is 18.3 Å². The van der Waals surface area contributed by atoms with E-state index < -0.39 is 46.9 Å². The van der Waals surface area contributed by atoms with E-state index >= 15 is 0 Å². The number of rotatable bonds is 9. The summed E-state index contributed by atoms with van der Waals surface area (Å²) in [6.45, 7) is 4.11. The first-order chi connectivity index (χ1) is 18.8. The quantitative estimate of drug-likeness (QED) is 0.201. The predicted molar refractivity (Wildman–Crippen MR) is 141 cm³/mol. The Bertz CT molecular complexity index is 1160. The molecule has 5 N–H and O–H groups in total. The van der Waals surface area contributed by atoms with Gasteiger partial charge in [0.1, 0.15) is 5.78 Å². The maximum atomic E-state index is 13.9. The number of hydrogen-bond acceptors (Lipinski definition) is 8. The number of primary amides is 1. The van der Waals surface area contributed by atoms with Crippen LogP contribution in [0.15, 0.2) is 23.3 Å². The maximum Gasteiger partial charge on any atom is 0.432 e. The van der Waals surface area contributed by atoms with Gasteiger partial charge in [-0.05, 0) is 62.1 Å². The van der Waals surface area contributed by atoms with E-state index in [4.69, 9.17) is 15.7 Å². The summed E-state index contributed by atoms with van der Waals surface area (Å²) in [5.41, 5.74) is 6.58. The van der Waals surface area contributed by atoms with Crippen LogP contribution in [0.5, 0.6) is 0 Å². The van der Waals surface area contributed by atoms with Gasteiger partial charge in [-0.1, -0.05) is 13.8 Å². The Balaban J connectivity index is 1.49. The SMILES string of the molecule is CC1(C)CC(=O)C2C(C(F)(F)F)=NN(c3ccc(C(N)=O)c(NC4CCC(OCCCC(=O)NO)CC4)c3)C2C1. The molecule has 3 aliphatic rings. The standard InChI is InChI=1S/C27H36F3N5O5/c1-26(2)13-20-23(21(36)14-26)24(27(28,29)30)33-35(20)16-7-10-18(25(31)38)19(12-16)32-15-5-8-17(9-6-15)40-11-3-4-22(37)34-39/h7,10,12,15,17,20,23,32,39H,3-6,8-9,11,13-14H2,1-2H3,(H2,31,38)(H,34,37). The Morgan fingerprint density at radius 1 is 1.23 bits per heavy atom. The molecule has 40 heavy (non-hydrogen) atoms. The molecule has 1 heterocycles. The van der Waals surface area contributed by atoms with Crippen LogP contribution in [0.2, 0.25) is 0 Å². The fourth-order valence-electron chi connectivity index (χ4n) is 5.99. The lowest BCUT2D eigenvalue weighted by molar-refractivity contribution is -0.129. The largest absolute Gasteiger partial charge is 0.432 e. The molecule has 2 aliphatic carbocycles. The van der Waals surface area contributed by atoms with Crippen molar-refractivity contribution in [3.8, 4) is 0 Å². The van der Waals surface area contributed by atoms with Crippen molar-refractivity contribution in [2.24, 2.45) is 22.2 Å². The summed E-state index contributed by atoms with van der Waals surface area (Å²) in [6.07, 6.45) is -0.761. The molecule has 2 fully saturated rings. The Morgan fingerprint density at radius 3 is 2.55 bits per heavy atom. The molecule has 1 aliphatic heterocycles. The second-order valence-corrected chi connectivity index (χ2v) is 11.6. The summed E-state index contributed by atoms with van der Waals surface area (Å²) in [5.74, 6) is -2.96. The predicted octanol–water partition coefficient (Wildman–Crippen LogP) is 3.92. The smallest absolute Gasteiger partial charge is 0.382 e. The van der Waals surface area contributed by atoms with Gasteiger partial charge in [0, 0.05) is 31.2 Å². The fraction of sp³-hybridized carbons (Fsp3) is 0.630. The first-order valence-electron chi connectivity index (χ1n) is 13.5. The topological polar surface area (TPSA) is 146 Å². The van der Waals surface area contributed by atoms with Gasteiger partial charge in [0.15, 0.2) is 5.71 Å². The molecule has 0 radical (unpaired) electrons. The summed E-state index contributed by atoms with van der Waals surface area (Å²) in [7, 11) is 0. The minimum Gasteiger partial charge on any atom is -0.382 e. The number of nitrogens with one attached hydrogen (secondary N) is 2. The molecule has 4 rings (SSSR count). The summed E-state index contributed by atoms with van der Waals surface area (Å²) in [4.78, 5) is 36.1. The molecule has 0 aromatic heterocycles. The summed E-state index contributed by atoms with van der Waals surface area (Å²) < 4.78 is 47.5. The van der Waals surface area contributed by atoms with E-state index in [1.54, 1.807) is 11.5 Å². The van der Waals surface area contributed by atoms with Gasteiger partial charge in [0.25, 0.3) is 5.91 Å². The number of hydrazone groups is 1. The number of hydrogen-bond donors (Lipinski definition) is 4. The van der Waals surface area contributed by atoms with Crippen molar-refractivity contribution in [3.05, 3.63) is 23.8 Å². The molecule has 0 saturated heterocycles. The molecule has 13 heteroatoms. The average molecular weight is 568 g/mol. The zero-order valence-electron chi connectivity index (χ0n) is 22.6. The lowest BCUT2D eigenvalue weighted by Gasteiger charge is -2.39. The minimum absolute atomic E-state index is 0.0148. The van der Waals surface area contributed by atoms with E-state index in [1.165, 1.54) is 17.1 Å². The molecule has 2 saturated carbocycles. The van der Waals surface area contributed by atoms with Crippen molar-refractivity contribution in [3.63, 3.8) is 0 Å². The molecule has 1 aromatic rings. The molecule has 0 bridgehead atoms. The molecule has 2 amide bonds. The third-order valence-electron chi connectivity index (χ3n) is 7.85. The number of carbonyl (C=O) groups excluding carboxylic acids is 3. The molecule has 2 unspecified atom stereocenters. The first-order valence-corrected chi connectivity index (χ1v) is 13.5. The number of fused-ring (bicyclic) bond motifs is 1. The van der Waals surface area contributed by atoms with Crippen LogP contribution >= 0.6 is 0 Å². The van der Waals surface area contributed by atoms with E-state index in [1.807, 2.05) is 13.8 Å². The van der Waals surface area contributed by atoms with E-state index in [0.717, 1.165) is 25.7 Å². The lowest BCUT2D eigenvalue weighted by atomic mass is 9.68. The van der Waals surface area contributed by atoms with E-state index in [2.05, 4.69) is 10.4 Å². The van der Waals surface area contributed by atoms with Gasteiger partial charge in [-0.25, -0.2) is 5.48 Å². The number of amides is 2. The second-order valence-electron chi connectivity index (χ2n) is 11.6. The number of anilines is 2. The second kappa shape index (κ2) is 11.7. The number of ketones is 1. The van der Waals surface area contributed by atoms with Crippen LogP contribution in [0.1, 0.15) is 75.6 Å². The number of carbonyl (C=O) groups is 3. The van der Waals surface area contributed by atoms with Crippen molar-refractivity contribution >= 4 is 34.7 Å². The molecule has 220 valence electrons. The van der Waals surface area contributed by atoms with Crippen molar-refractivity contribution in [2.45, 2.75) is 89.6 Å². The number of nitrogens with two attached hydrogens (primary N) is 1. The zero-order valence-corrected chi connectivity index (χ0v) is 22.6. The Morgan fingerprint density at radius 2 is 1.93 bits per heavy atom. The zero-order chi connectivity index (χ0) is 29.2. The summed E-state index contributed by atoms with van der Waals surface area (Å²) >= 11 is 0. The first kappa shape index (κ1) is 29.8.